The van der Waals surface area contributed by atoms with E-state index in [2.05, 4.69) is 9.97 Å². The van der Waals surface area contributed by atoms with E-state index >= 15 is 0 Å². The summed E-state index contributed by atoms with van der Waals surface area (Å²) in [7, 11) is 1.72. The van der Waals surface area contributed by atoms with E-state index in [0.29, 0.717) is 18.1 Å². The Hall–Kier alpha value is -1.45. The topological polar surface area (TPSA) is 46.1 Å². The Morgan fingerprint density at radius 2 is 2.31 bits per heavy atom. The predicted molar refractivity (Wildman–Crippen MR) is 50.5 cm³/mol. The maximum atomic E-state index is 11.3. The quantitative estimate of drug-likeness (QED) is 0.684. The summed E-state index contributed by atoms with van der Waals surface area (Å²) in [6.07, 6.45) is 2.14. The molecule has 1 amide bonds. The molecule has 0 aliphatic carbocycles. The Bertz CT molecular complexity index is 311. The van der Waals surface area contributed by atoms with Gasteiger partial charge in [0, 0.05) is 19.7 Å². The molecule has 0 N–H and O–H groups in total. The molecule has 0 bridgehead atoms. The zero-order valence-electron chi connectivity index (χ0n) is 8.11. The Morgan fingerprint density at radius 3 is 2.85 bits per heavy atom. The van der Waals surface area contributed by atoms with Gasteiger partial charge >= 0.3 is 0 Å². The summed E-state index contributed by atoms with van der Waals surface area (Å²) in [6, 6.07) is 1.72. The largest absolute Gasteiger partial charge is 0.300 e. The first kappa shape index (κ1) is 9.64. The van der Waals surface area contributed by atoms with E-state index < -0.39 is 0 Å². The van der Waals surface area contributed by atoms with Crippen molar-refractivity contribution in [3.05, 3.63) is 18.1 Å². The van der Waals surface area contributed by atoms with Gasteiger partial charge in [-0.3, -0.25) is 9.69 Å². The first-order chi connectivity index (χ1) is 6.15. The van der Waals surface area contributed by atoms with Crippen LogP contribution in [0, 0.1) is 6.92 Å². The number of carbonyl (C=O) groups is 1. The van der Waals surface area contributed by atoms with Gasteiger partial charge in [-0.15, -0.1) is 0 Å². The fraction of sp³-hybridized carbons (Fsp3) is 0.444. The van der Waals surface area contributed by atoms with Crippen LogP contribution in [0.2, 0.25) is 0 Å². The molecule has 0 atom stereocenters. The van der Waals surface area contributed by atoms with Crippen LogP contribution in [0.15, 0.2) is 12.3 Å². The minimum atomic E-state index is 0.0538. The van der Waals surface area contributed by atoms with Gasteiger partial charge in [-0.25, -0.2) is 9.97 Å². The lowest BCUT2D eigenvalue weighted by Gasteiger charge is -2.14. The van der Waals surface area contributed by atoms with Gasteiger partial charge in [0.1, 0.15) is 11.6 Å². The Balaban J connectivity index is 2.88. The van der Waals surface area contributed by atoms with Crippen molar-refractivity contribution < 1.29 is 4.79 Å². The summed E-state index contributed by atoms with van der Waals surface area (Å²) < 4.78 is 0. The highest BCUT2D eigenvalue weighted by Gasteiger charge is 2.09. The van der Waals surface area contributed by atoms with Gasteiger partial charge in [-0.05, 0) is 13.0 Å². The molecule has 1 rings (SSSR count). The average molecular weight is 179 g/mol. The minimum absolute atomic E-state index is 0.0538. The Kier molecular flexibility index (Phi) is 2.95. The molecule has 13 heavy (non-hydrogen) atoms. The van der Waals surface area contributed by atoms with Gasteiger partial charge in [0.2, 0.25) is 5.91 Å². The van der Waals surface area contributed by atoms with Crippen LogP contribution in [0.1, 0.15) is 19.2 Å². The molecular formula is C9H13N3O. The van der Waals surface area contributed by atoms with E-state index in [1.165, 1.54) is 4.90 Å². The smallest absolute Gasteiger partial charge is 0.227 e. The molecule has 1 aromatic rings. The number of amides is 1. The minimum Gasteiger partial charge on any atom is -0.300 e. The van der Waals surface area contributed by atoms with Crippen LogP contribution in [0.4, 0.5) is 5.82 Å². The summed E-state index contributed by atoms with van der Waals surface area (Å²) in [5, 5.41) is 0. The monoisotopic (exact) mass is 179 g/mol. The molecule has 1 heterocycles. The van der Waals surface area contributed by atoms with Crippen LogP contribution in [0.5, 0.6) is 0 Å². The zero-order chi connectivity index (χ0) is 9.84. The standard InChI is InChI=1S/C9H13N3O/c1-4-9(13)12(3)8-5-6-10-7(2)11-8/h5-6H,4H2,1-3H3. The van der Waals surface area contributed by atoms with Gasteiger partial charge < -0.3 is 0 Å². The summed E-state index contributed by atoms with van der Waals surface area (Å²) in [4.78, 5) is 20.9. The SMILES string of the molecule is CCC(=O)N(C)c1ccnc(C)n1. The molecule has 0 aromatic carbocycles. The van der Waals surface area contributed by atoms with Crippen LogP contribution in [-0.4, -0.2) is 22.9 Å². The molecule has 0 saturated heterocycles. The number of aryl methyl sites for hydroxylation is 1. The molecule has 0 aliphatic rings. The normalized spacial score (nSPS) is 9.77. The van der Waals surface area contributed by atoms with Crippen molar-refractivity contribution in [3.8, 4) is 0 Å². The lowest BCUT2D eigenvalue weighted by atomic mass is 10.4. The second-order valence-corrected chi connectivity index (χ2v) is 2.77. The lowest BCUT2D eigenvalue weighted by molar-refractivity contribution is -0.118. The fourth-order valence-electron chi connectivity index (χ4n) is 0.995. The van der Waals surface area contributed by atoms with E-state index in [1.807, 2.05) is 6.92 Å². The number of hydrogen-bond acceptors (Lipinski definition) is 3. The summed E-state index contributed by atoms with van der Waals surface area (Å²) >= 11 is 0. The molecule has 4 heteroatoms. The van der Waals surface area contributed by atoms with Crippen molar-refractivity contribution in [1.82, 2.24) is 9.97 Å². The van der Waals surface area contributed by atoms with Gasteiger partial charge in [-0.1, -0.05) is 6.92 Å². The molecule has 0 radical (unpaired) electrons. The van der Waals surface area contributed by atoms with Crippen LogP contribution in [0.3, 0.4) is 0 Å². The molecule has 1 aromatic heterocycles. The van der Waals surface area contributed by atoms with Crippen LogP contribution in [-0.2, 0) is 4.79 Å². The number of aromatic nitrogens is 2. The van der Waals surface area contributed by atoms with E-state index in [0.717, 1.165) is 0 Å². The Labute approximate surface area is 77.6 Å². The van der Waals surface area contributed by atoms with E-state index in [-0.39, 0.29) is 5.91 Å². The van der Waals surface area contributed by atoms with Gasteiger partial charge in [0.25, 0.3) is 0 Å². The fourth-order valence-corrected chi connectivity index (χ4v) is 0.995. The molecular weight excluding hydrogens is 166 g/mol. The third-order valence-corrected chi connectivity index (χ3v) is 1.78. The number of hydrogen-bond donors (Lipinski definition) is 0. The first-order valence-electron chi connectivity index (χ1n) is 4.21. The number of nitrogens with zero attached hydrogens (tertiary/aromatic N) is 3. The van der Waals surface area contributed by atoms with Crippen LogP contribution >= 0.6 is 0 Å². The third-order valence-electron chi connectivity index (χ3n) is 1.78. The summed E-state index contributed by atoms with van der Waals surface area (Å²) in [5.74, 6) is 1.38. The van der Waals surface area contributed by atoms with E-state index in [1.54, 1.807) is 26.2 Å². The zero-order valence-corrected chi connectivity index (χ0v) is 8.11. The molecule has 4 nitrogen and oxygen atoms in total. The lowest BCUT2D eigenvalue weighted by Crippen LogP contribution is -2.26. The Morgan fingerprint density at radius 1 is 1.62 bits per heavy atom. The molecule has 0 spiro atoms. The van der Waals surface area contributed by atoms with Gasteiger partial charge in [-0.2, -0.15) is 0 Å². The predicted octanol–water partition coefficient (Wildman–Crippen LogP) is 1.16. The maximum absolute atomic E-state index is 11.3. The van der Waals surface area contributed by atoms with Crippen molar-refractivity contribution in [2.75, 3.05) is 11.9 Å². The van der Waals surface area contributed by atoms with Crippen molar-refractivity contribution in [2.24, 2.45) is 0 Å². The van der Waals surface area contributed by atoms with Crippen molar-refractivity contribution >= 4 is 11.7 Å². The summed E-state index contributed by atoms with van der Waals surface area (Å²) in [6.45, 7) is 3.63. The molecule has 70 valence electrons. The second-order valence-electron chi connectivity index (χ2n) is 2.77. The number of rotatable bonds is 2. The van der Waals surface area contributed by atoms with Crippen molar-refractivity contribution in [2.45, 2.75) is 20.3 Å². The van der Waals surface area contributed by atoms with E-state index in [9.17, 15) is 4.79 Å². The summed E-state index contributed by atoms with van der Waals surface area (Å²) in [5.41, 5.74) is 0. The third kappa shape index (κ3) is 2.24. The van der Waals surface area contributed by atoms with Gasteiger partial charge in [0.15, 0.2) is 0 Å². The highest BCUT2D eigenvalue weighted by molar-refractivity contribution is 5.91. The van der Waals surface area contributed by atoms with Crippen molar-refractivity contribution in [3.63, 3.8) is 0 Å². The highest BCUT2D eigenvalue weighted by Crippen LogP contribution is 2.08. The first-order valence-corrected chi connectivity index (χ1v) is 4.21. The van der Waals surface area contributed by atoms with Gasteiger partial charge in [0.05, 0.1) is 0 Å². The average Bonchev–Trinajstić information content (AvgIpc) is 2.15. The number of anilines is 1. The maximum Gasteiger partial charge on any atom is 0.227 e. The van der Waals surface area contributed by atoms with E-state index in [4.69, 9.17) is 0 Å². The molecule has 0 aliphatic heterocycles. The van der Waals surface area contributed by atoms with Crippen molar-refractivity contribution in [1.29, 1.82) is 0 Å². The molecule has 0 unspecified atom stereocenters. The second kappa shape index (κ2) is 3.98. The van der Waals surface area contributed by atoms with Crippen LogP contribution in [0.25, 0.3) is 0 Å². The number of carbonyl (C=O) groups excluding carboxylic acids is 1. The van der Waals surface area contributed by atoms with Crippen LogP contribution < -0.4 is 4.90 Å². The molecule has 0 fully saturated rings. The highest BCUT2D eigenvalue weighted by atomic mass is 16.2. The molecule has 0 saturated carbocycles.